The lowest BCUT2D eigenvalue weighted by Crippen LogP contribution is -2.24. The van der Waals surface area contributed by atoms with Crippen LogP contribution in [0, 0.1) is 17.1 Å². The summed E-state index contributed by atoms with van der Waals surface area (Å²) in [6.45, 7) is -0.104. The van der Waals surface area contributed by atoms with Crippen molar-refractivity contribution in [3.63, 3.8) is 0 Å². The summed E-state index contributed by atoms with van der Waals surface area (Å²) in [4.78, 5) is 3.74. The van der Waals surface area contributed by atoms with Gasteiger partial charge in [-0.2, -0.15) is 5.26 Å². The van der Waals surface area contributed by atoms with Gasteiger partial charge in [0.05, 0.1) is 36.4 Å². The van der Waals surface area contributed by atoms with Crippen molar-refractivity contribution in [2.75, 3.05) is 14.2 Å². The first-order valence-corrected chi connectivity index (χ1v) is 11.0. The second-order valence-corrected chi connectivity index (χ2v) is 9.28. The van der Waals surface area contributed by atoms with Crippen molar-refractivity contribution in [1.82, 2.24) is 9.71 Å². The maximum atomic E-state index is 14.2. The Morgan fingerprint density at radius 2 is 2.03 bits per heavy atom. The Kier molecular flexibility index (Phi) is 6.58. The number of hydrogen-bond donors (Lipinski definition) is 1. The molecule has 2 aromatic carbocycles. The van der Waals surface area contributed by atoms with E-state index in [4.69, 9.17) is 21.1 Å². The summed E-state index contributed by atoms with van der Waals surface area (Å²) < 4.78 is 53.4. The lowest BCUT2D eigenvalue weighted by atomic mass is 10.1. The molecule has 0 aliphatic rings. The molecule has 1 aromatic heterocycles. The molecule has 0 bridgehead atoms. The highest BCUT2D eigenvalue weighted by molar-refractivity contribution is 7.89. The van der Waals surface area contributed by atoms with Crippen molar-refractivity contribution in [3.05, 3.63) is 57.8 Å². The van der Waals surface area contributed by atoms with E-state index in [0.29, 0.717) is 17.1 Å². The highest BCUT2D eigenvalue weighted by atomic mass is 35.5. The van der Waals surface area contributed by atoms with E-state index >= 15 is 0 Å². The van der Waals surface area contributed by atoms with Crippen molar-refractivity contribution in [1.29, 1.82) is 5.26 Å². The highest BCUT2D eigenvalue weighted by Gasteiger charge is 2.26. The van der Waals surface area contributed by atoms with Gasteiger partial charge < -0.3 is 9.47 Å². The first-order valence-electron chi connectivity index (χ1n) is 8.35. The number of nitriles is 1. The van der Waals surface area contributed by atoms with Gasteiger partial charge in [0.25, 0.3) is 0 Å². The Balaban J connectivity index is 2.02. The molecule has 7 nitrogen and oxygen atoms in total. The molecule has 0 aliphatic carbocycles. The molecule has 3 aromatic rings. The van der Waals surface area contributed by atoms with Crippen molar-refractivity contribution >= 4 is 33.0 Å². The molecular formula is C19H15ClFN3O4S2. The number of hydrogen-bond acceptors (Lipinski definition) is 7. The third-order valence-corrected chi connectivity index (χ3v) is 6.73. The first kappa shape index (κ1) is 22.0. The molecule has 30 heavy (non-hydrogen) atoms. The van der Waals surface area contributed by atoms with Gasteiger partial charge >= 0.3 is 0 Å². The van der Waals surface area contributed by atoms with Gasteiger partial charge in [-0.25, -0.2) is 22.5 Å². The van der Waals surface area contributed by atoms with Crippen LogP contribution in [0.1, 0.15) is 11.1 Å². The molecule has 0 spiro atoms. The van der Waals surface area contributed by atoms with Crippen LogP contribution in [0.5, 0.6) is 11.5 Å². The normalized spacial score (nSPS) is 11.2. The van der Waals surface area contributed by atoms with Crippen LogP contribution >= 0.6 is 22.9 Å². The van der Waals surface area contributed by atoms with Crippen molar-refractivity contribution < 1.29 is 22.3 Å². The van der Waals surface area contributed by atoms with Gasteiger partial charge in [-0.1, -0.05) is 17.7 Å². The van der Waals surface area contributed by atoms with Crippen LogP contribution in [0.15, 0.2) is 41.4 Å². The largest absolute Gasteiger partial charge is 0.497 e. The van der Waals surface area contributed by atoms with E-state index in [-0.39, 0.29) is 26.3 Å². The molecule has 0 aliphatic heterocycles. The third kappa shape index (κ3) is 4.39. The van der Waals surface area contributed by atoms with Crippen LogP contribution in [0.3, 0.4) is 0 Å². The van der Waals surface area contributed by atoms with E-state index in [1.165, 1.54) is 20.4 Å². The average Bonchev–Trinajstić information content (AvgIpc) is 3.17. The van der Waals surface area contributed by atoms with E-state index in [0.717, 1.165) is 23.5 Å². The molecule has 0 saturated heterocycles. The van der Waals surface area contributed by atoms with Crippen LogP contribution in [-0.4, -0.2) is 27.6 Å². The highest BCUT2D eigenvalue weighted by Crippen LogP contribution is 2.36. The number of sulfonamides is 1. The van der Waals surface area contributed by atoms with Gasteiger partial charge in [-0.15, -0.1) is 11.3 Å². The van der Waals surface area contributed by atoms with Crippen LogP contribution < -0.4 is 14.2 Å². The molecular weight excluding hydrogens is 453 g/mol. The predicted octanol–water partition coefficient (Wildman–Crippen LogP) is 3.97. The Morgan fingerprint density at radius 3 is 2.63 bits per heavy atom. The van der Waals surface area contributed by atoms with Gasteiger partial charge in [-0.05, 0) is 18.2 Å². The zero-order valence-electron chi connectivity index (χ0n) is 15.8. The fraction of sp³-hybridized carbons (Fsp3) is 0.158. The fourth-order valence-electron chi connectivity index (χ4n) is 2.72. The smallest absolute Gasteiger partial charge is 0.241 e. The zero-order valence-corrected chi connectivity index (χ0v) is 18.2. The minimum atomic E-state index is -4.15. The molecule has 0 fully saturated rings. The molecule has 0 atom stereocenters. The topological polar surface area (TPSA) is 101 Å². The number of methoxy groups -OCH3 is 2. The number of nitrogens with one attached hydrogen (secondary N) is 1. The summed E-state index contributed by atoms with van der Waals surface area (Å²) in [5.41, 5.74) is -0.00199. The standard InChI is InChI=1S/C19H15ClFN3O4S2/c1-27-12-4-3-11(15(7-12)28-2)9-24-30(25,26)16-6-5-14(21)13(8-22)18(16)19-23-10-17(20)29-19/h3-7,10,24H,9H2,1-2H3. The van der Waals surface area contributed by atoms with E-state index < -0.39 is 21.4 Å². The number of benzene rings is 2. The van der Waals surface area contributed by atoms with Gasteiger partial charge in [0.1, 0.15) is 32.7 Å². The maximum absolute atomic E-state index is 14.2. The van der Waals surface area contributed by atoms with E-state index in [1.807, 2.05) is 0 Å². The molecule has 0 amide bonds. The summed E-state index contributed by atoms with van der Waals surface area (Å²) >= 11 is 6.85. The van der Waals surface area contributed by atoms with Crippen LogP contribution in [0.25, 0.3) is 10.6 Å². The number of aromatic nitrogens is 1. The monoisotopic (exact) mass is 467 g/mol. The maximum Gasteiger partial charge on any atom is 0.241 e. The third-order valence-electron chi connectivity index (χ3n) is 4.16. The minimum Gasteiger partial charge on any atom is -0.497 e. The van der Waals surface area contributed by atoms with Gasteiger partial charge in [0.15, 0.2) is 0 Å². The second-order valence-electron chi connectivity index (χ2n) is 5.88. The Labute approximate surface area is 181 Å². The first-order chi connectivity index (χ1) is 14.3. The zero-order chi connectivity index (χ0) is 21.9. The summed E-state index contributed by atoms with van der Waals surface area (Å²) in [5, 5.41) is 9.52. The molecule has 156 valence electrons. The Morgan fingerprint density at radius 1 is 1.27 bits per heavy atom. The Bertz CT molecular complexity index is 1240. The van der Waals surface area contributed by atoms with Crippen LogP contribution in [0.2, 0.25) is 4.34 Å². The van der Waals surface area contributed by atoms with Gasteiger partial charge in [0, 0.05) is 18.2 Å². The summed E-state index contributed by atoms with van der Waals surface area (Å²) in [7, 11) is -1.19. The summed E-state index contributed by atoms with van der Waals surface area (Å²) in [5.74, 6) is 0.133. The second kappa shape index (κ2) is 8.97. The molecule has 3 rings (SSSR count). The number of halogens is 2. The number of nitrogens with zero attached hydrogens (tertiary/aromatic N) is 2. The van der Waals surface area contributed by atoms with Crippen LogP contribution in [-0.2, 0) is 16.6 Å². The predicted molar refractivity (Wildman–Crippen MR) is 111 cm³/mol. The Hall–Kier alpha value is -2.71. The van der Waals surface area contributed by atoms with E-state index in [1.54, 1.807) is 24.3 Å². The molecule has 1 heterocycles. The molecule has 0 saturated carbocycles. The lowest BCUT2D eigenvalue weighted by Gasteiger charge is -2.14. The SMILES string of the molecule is COc1ccc(CNS(=O)(=O)c2ccc(F)c(C#N)c2-c2ncc(Cl)s2)c(OC)c1. The molecule has 1 N–H and O–H groups in total. The molecule has 0 unspecified atom stereocenters. The van der Waals surface area contributed by atoms with E-state index in [2.05, 4.69) is 9.71 Å². The number of ether oxygens (including phenoxy) is 2. The number of thiazole rings is 1. The summed E-state index contributed by atoms with van der Waals surface area (Å²) in [6, 6.07) is 8.68. The van der Waals surface area contributed by atoms with Crippen molar-refractivity contribution in [3.8, 4) is 28.1 Å². The minimum absolute atomic E-state index is 0.104. The average molecular weight is 468 g/mol. The molecule has 0 radical (unpaired) electrons. The summed E-state index contributed by atoms with van der Waals surface area (Å²) in [6.07, 6.45) is 1.31. The lowest BCUT2D eigenvalue weighted by molar-refractivity contribution is 0.390. The fourth-order valence-corrected chi connectivity index (χ4v) is 4.98. The number of rotatable bonds is 7. The van der Waals surface area contributed by atoms with Gasteiger partial charge in [-0.3, -0.25) is 0 Å². The molecule has 11 heteroatoms. The van der Waals surface area contributed by atoms with Crippen LogP contribution in [0.4, 0.5) is 4.39 Å². The van der Waals surface area contributed by atoms with Crippen molar-refractivity contribution in [2.24, 2.45) is 0 Å². The quantitative estimate of drug-likeness (QED) is 0.564. The van der Waals surface area contributed by atoms with E-state index in [9.17, 15) is 18.1 Å². The van der Waals surface area contributed by atoms with Crippen molar-refractivity contribution in [2.45, 2.75) is 11.4 Å². The van der Waals surface area contributed by atoms with Gasteiger partial charge in [0.2, 0.25) is 10.0 Å².